The molecule has 0 spiro atoms. The molecule has 0 aliphatic carbocycles. The maximum absolute atomic E-state index is 12.9. The first kappa shape index (κ1) is 19.2. The minimum atomic E-state index is -0.400. The van der Waals surface area contributed by atoms with Gasteiger partial charge < -0.3 is 14.5 Å². The summed E-state index contributed by atoms with van der Waals surface area (Å²) in [5.41, 5.74) is 3.03. The lowest BCUT2D eigenvalue weighted by molar-refractivity contribution is 0.0600. The van der Waals surface area contributed by atoms with Crippen molar-refractivity contribution in [2.75, 3.05) is 7.11 Å². The minimum Gasteiger partial charge on any atom is -0.465 e. The van der Waals surface area contributed by atoms with E-state index in [2.05, 4.69) is 10.4 Å². The fourth-order valence-corrected chi connectivity index (χ4v) is 3.00. The summed E-state index contributed by atoms with van der Waals surface area (Å²) in [4.78, 5) is 24.5. The highest BCUT2D eigenvalue weighted by molar-refractivity contribution is 5.94. The Kier molecular flexibility index (Phi) is 5.43. The molecule has 0 aliphatic rings. The number of hydrogen-bond donors (Lipinski definition) is 1. The van der Waals surface area contributed by atoms with Gasteiger partial charge in [0.05, 0.1) is 24.6 Å². The maximum atomic E-state index is 12.9. The third kappa shape index (κ3) is 4.00. The van der Waals surface area contributed by atoms with Crippen molar-refractivity contribution < 1.29 is 18.7 Å². The Morgan fingerprint density at radius 1 is 1.03 bits per heavy atom. The minimum absolute atomic E-state index is 0.277. The lowest BCUT2D eigenvalue weighted by atomic mass is 10.1. The molecule has 150 valence electrons. The molecular formula is C23H19N3O4. The van der Waals surface area contributed by atoms with E-state index >= 15 is 0 Å². The van der Waals surface area contributed by atoms with Crippen LogP contribution in [-0.2, 0) is 11.3 Å². The van der Waals surface area contributed by atoms with Gasteiger partial charge in [0.2, 0.25) is 0 Å². The number of furan rings is 1. The second-order valence-corrected chi connectivity index (χ2v) is 6.51. The molecule has 0 saturated carbocycles. The van der Waals surface area contributed by atoms with Gasteiger partial charge in [-0.25, -0.2) is 9.48 Å². The van der Waals surface area contributed by atoms with Gasteiger partial charge in [-0.05, 0) is 42.0 Å². The standard InChI is InChI=1S/C23H19N3O4/c1-29-23(28)17-11-9-16(10-12-17)15-24-22(27)20-14-19(21-8-5-13-30-21)25-26(20)18-6-3-2-4-7-18/h2-14H,15H2,1H3,(H,24,27). The van der Waals surface area contributed by atoms with Gasteiger partial charge in [0, 0.05) is 12.6 Å². The number of methoxy groups -OCH3 is 1. The summed E-state index contributed by atoms with van der Waals surface area (Å²) in [5.74, 6) is -0.0962. The van der Waals surface area contributed by atoms with Crippen LogP contribution in [0.3, 0.4) is 0 Å². The van der Waals surface area contributed by atoms with Crippen LogP contribution in [0, 0.1) is 0 Å². The van der Waals surface area contributed by atoms with Crippen LogP contribution >= 0.6 is 0 Å². The number of carbonyl (C=O) groups is 2. The largest absolute Gasteiger partial charge is 0.465 e. The van der Waals surface area contributed by atoms with Crippen molar-refractivity contribution in [3.05, 3.63) is 95.9 Å². The average Bonchev–Trinajstić information content (AvgIpc) is 3.48. The van der Waals surface area contributed by atoms with Crippen molar-refractivity contribution >= 4 is 11.9 Å². The van der Waals surface area contributed by atoms with Gasteiger partial charge in [-0.1, -0.05) is 30.3 Å². The van der Waals surface area contributed by atoms with Gasteiger partial charge in [0.1, 0.15) is 11.4 Å². The second-order valence-electron chi connectivity index (χ2n) is 6.51. The quantitative estimate of drug-likeness (QED) is 0.496. The number of ether oxygens (including phenoxy) is 1. The zero-order valence-corrected chi connectivity index (χ0v) is 16.2. The van der Waals surface area contributed by atoms with Crippen LogP contribution in [0.4, 0.5) is 0 Å². The summed E-state index contributed by atoms with van der Waals surface area (Å²) in [5, 5.41) is 7.45. The lowest BCUT2D eigenvalue weighted by Gasteiger charge is -2.09. The number of nitrogens with one attached hydrogen (secondary N) is 1. The Labute approximate surface area is 172 Å². The number of rotatable bonds is 6. The van der Waals surface area contributed by atoms with E-state index in [1.54, 1.807) is 53.4 Å². The van der Waals surface area contributed by atoms with Crippen molar-refractivity contribution in [1.82, 2.24) is 15.1 Å². The molecule has 7 nitrogen and oxygen atoms in total. The number of amides is 1. The predicted molar refractivity (Wildman–Crippen MR) is 110 cm³/mol. The zero-order valence-electron chi connectivity index (χ0n) is 16.2. The maximum Gasteiger partial charge on any atom is 0.337 e. The molecule has 0 saturated heterocycles. The smallest absolute Gasteiger partial charge is 0.337 e. The Morgan fingerprint density at radius 3 is 2.47 bits per heavy atom. The molecule has 4 aromatic rings. The van der Waals surface area contributed by atoms with Gasteiger partial charge >= 0.3 is 5.97 Å². The molecular weight excluding hydrogens is 382 g/mol. The van der Waals surface area contributed by atoms with Crippen LogP contribution in [0.2, 0.25) is 0 Å². The van der Waals surface area contributed by atoms with E-state index in [1.807, 2.05) is 30.3 Å². The highest BCUT2D eigenvalue weighted by atomic mass is 16.5. The first-order valence-corrected chi connectivity index (χ1v) is 9.30. The molecule has 2 aromatic heterocycles. The van der Waals surface area contributed by atoms with Crippen molar-refractivity contribution in [3.8, 4) is 17.1 Å². The van der Waals surface area contributed by atoms with E-state index in [4.69, 9.17) is 9.15 Å². The molecule has 0 atom stereocenters. The van der Waals surface area contributed by atoms with Crippen LogP contribution in [0.1, 0.15) is 26.4 Å². The van der Waals surface area contributed by atoms with E-state index < -0.39 is 5.97 Å². The molecule has 2 heterocycles. The van der Waals surface area contributed by atoms with E-state index in [-0.39, 0.29) is 5.91 Å². The van der Waals surface area contributed by atoms with Crippen LogP contribution in [0.15, 0.2) is 83.5 Å². The number of hydrogen-bond acceptors (Lipinski definition) is 5. The third-order valence-electron chi connectivity index (χ3n) is 4.54. The van der Waals surface area contributed by atoms with Crippen LogP contribution < -0.4 is 5.32 Å². The molecule has 1 N–H and O–H groups in total. The van der Waals surface area contributed by atoms with Crippen LogP contribution in [-0.4, -0.2) is 28.8 Å². The van der Waals surface area contributed by atoms with Crippen molar-refractivity contribution in [1.29, 1.82) is 0 Å². The Hall–Kier alpha value is -4.13. The van der Waals surface area contributed by atoms with Gasteiger partial charge in [0.25, 0.3) is 5.91 Å². The van der Waals surface area contributed by atoms with Gasteiger partial charge in [0.15, 0.2) is 5.76 Å². The topological polar surface area (TPSA) is 86.4 Å². The van der Waals surface area contributed by atoms with E-state index in [0.29, 0.717) is 29.3 Å². The molecule has 0 aliphatic heterocycles. The Balaban J connectivity index is 1.56. The van der Waals surface area contributed by atoms with Gasteiger partial charge in [-0.15, -0.1) is 0 Å². The number of benzene rings is 2. The van der Waals surface area contributed by atoms with Crippen molar-refractivity contribution in [3.63, 3.8) is 0 Å². The third-order valence-corrected chi connectivity index (χ3v) is 4.54. The molecule has 0 fully saturated rings. The molecule has 30 heavy (non-hydrogen) atoms. The number of esters is 1. The van der Waals surface area contributed by atoms with Gasteiger partial charge in [-0.3, -0.25) is 4.79 Å². The molecule has 7 heteroatoms. The van der Waals surface area contributed by atoms with Gasteiger partial charge in [-0.2, -0.15) is 5.10 Å². The van der Waals surface area contributed by atoms with Crippen LogP contribution in [0.5, 0.6) is 0 Å². The average molecular weight is 401 g/mol. The van der Waals surface area contributed by atoms with E-state index in [9.17, 15) is 9.59 Å². The number of para-hydroxylation sites is 1. The first-order valence-electron chi connectivity index (χ1n) is 9.30. The summed E-state index contributed by atoms with van der Waals surface area (Å²) in [6.45, 7) is 0.302. The number of aromatic nitrogens is 2. The molecule has 2 aromatic carbocycles. The van der Waals surface area contributed by atoms with Crippen molar-refractivity contribution in [2.45, 2.75) is 6.54 Å². The summed E-state index contributed by atoms with van der Waals surface area (Å²) < 4.78 is 11.7. The van der Waals surface area contributed by atoms with Crippen molar-refractivity contribution in [2.24, 2.45) is 0 Å². The zero-order chi connectivity index (χ0) is 20.9. The Bertz CT molecular complexity index is 1150. The molecule has 1 amide bonds. The lowest BCUT2D eigenvalue weighted by Crippen LogP contribution is -2.25. The summed E-state index contributed by atoms with van der Waals surface area (Å²) in [6, 6.07) is 21.6. The van der Waals surface area contributed by atoms with E-state index in [1.165, 1.54) is 7.11 Å². The van der Waals surface area contributed by atoms with E-state index in [0.717, 1.165) is 11.3 Å². The molecule has 0 bridgehead atoms. The predicted octanol–water partition coefficient (Wildman–Crippen LogP) is 3.85. The second kappa shape index (κ2) is 8.48. The highest BCUT2D eigenvalue weighted by Gasteiger charge is 2.18. The molecule has 0 unspecified atom stereocenters. The summed E-state index contributed by atoms with van der Waals surface area (Å²) in [6.07, 6.45) is 1.56. The summed E-state index contributed by atoms with van der Waals surface area (Å²) >= 11 is 0. The summed E-state index contributed by atoms with van der Waals surface area (Å²) in [7, 11) is 1.34. The first-order chi connectivity index (χ1) is 14.7. The number of carbonyl (C=O) groups excluding carboxylic acids is 2. The monoisotopic (exact) mass is 401 g/mol. The SMILES string of the molecule is COC(=O)c1ccc(CNC(=O)c2cc(-c3ccco3)nn2-c2ccccc2)cc1. The number of nitrogens with zero attached hydrogens (tertiary/aromatic N) is 2. The Morgan fingerprint density at radius 2 is 1.80 bits per heavy atom. The fraction of sp³-hybridized carbons (Fsp3) is 0.0870. The normalized spacial score (nSPS) is 10.6. The molecule has 0 radical (unpaired) electrons. The highest BCUT2D eigenvalue weighted by Crippen LogP contribution is 2.22. The molecule has 4 rings (SSSR count). The fourth-order valence-electron chi connectivity index (χ4n) is 3.00. The van der Waals surface area contributed by atoms with Crippen LogP contribution in [0.25, 0.3) is 17.1 Å².